The van der Waals surface area contributed by atoms with Crippen molar-refractivity contribution >= 4 is 44.8 Å². The number of halogens is 4. The first-order chi connectivity index (χ1) is 11.2. The average molecular weight is 424 g/mol. The lowest BCUT2D eigenvalue weighted by atomic mass is 10.2. The highest BCUT2D eigenvalue weighted by atomic mass is 79.9. The third-order valence-electron chi connectivity index (χ3n) is 3.09. The minimum atomic E-state index is -2.78. The van der Waals surface area contributed by atoms with Crippen LogP contribution in [0.3, 0.4) is 0 Å². The number of carbonyl (C=O) groups excluding carboxylic acids is 1. The van der Waals surface area contributed by atoms with Gasteiger partial charge < -0.3 is 5.32 Å². The van der Waals surface area contributed by atoms with E-state index in [1.165, 1.54) is 19.1 Å². The van der Waals surface area contributed by atoms with Gasteiger partial charge in [-0.3, -0.25) is 19.6 Å². The first-order valence-electron chi connectivity index (χ1n) is 6.45. The second-order valence-electron chi connectivity index (χ2n) is 4.71. The maximum absolute atomic E-state index is 12.8. The summed E-state index contributed by atoms with van der Waals surface area (Å²) in [6.45, 7) is 1.17. The van der Waals surface area contributed by atoms with Gasteiger partial charge in [-0.15, -0.1) is 0 Å². The molecule has 1 N–H and O–H groups in total. The molecule has 0 unspecified atom stereocenters. The van der Waals surface area contributed by atoms with Crippen molar-refractivity contribution in [3.8, 4) is 0 Å². The Morgan fingerprint density at radius 2 is 2.21 bits per heavy atom. The fraction of sp³-hybridized carbons (Fsp3) is 0.231. The van der Waals surface area contributed by atoms with Gasteiger partial charge in [0.2, 0.25) is 5.91 Å². The van der Waals surface area contributed by atoms with Crippen molar-refractivity contribution in [2.75, 3.05) is 5.32 Å². The summed E-state index contributed by atoms with van der Waals surface area (Å²) >= 11 is 8.89. The van der Waals surface area contributed by atoms with Gasteiger partial charge in [0, 0.05) is 12.1 Å². The van der Waals surface area contributed by atoms with Gasteiger partial charge >= 0.3 is 0 Å². The van der Waals surface area contributed by atoms with Crippen LogP contribution < -0.4 is 5.32 Å². The van der Waals surface area contributed by atoms with Gasteiger partial charge in [0.1, 0.15) is 12.2 Å². The fourth-order valence-electron chi connectivity index (χ4n) is 1.89. The van der Waals surface area contributed by atoms with E-state index in [4.69, 9.17) is 11.6 Å². The van der Waals surface area contributed by atoms with Crippen molar-refractivity contribution in [1.82, 2.24) is 9.78 Å². The van der Waals surface area contributed by atoms with Gasteiger partial charge in [-0.1, -0.05) is 11.6 Å². The number of hydrogen-bond donors (Lipinski definition) is 1. The first kappa shape index (κ1) is 18.3. The second kappa shape index (κ2) is 7.22. The summed E-state index contributed by atoms with van der Waals surface area (Å²) in [4.78, 5) is 22.2. The molecule has 24 heavy (non-hydrogen) atoms. The molecule has 0 saturated heterocycles. The highest BCUT2D eigenvalue weighted by Gasteiger charge is 2.21. The number of rotatable bonds is 5. The number of carbonyl (C=O) groups is 1. The lowest BCUT2D eigenvalue weighted by Gasteiger charge is -2.08. The predicted octanol–water partition coefficient (Wildman–Crippen LogP) is 4.09. The number of aromatic nitrogens is 2. The molecule has 0 atom stereocenters. The molecule has 0 radical (unpaired) electrons. The second-order valence-corrected chi connectivity index (χ2v) is 5.91. The average Bonchev–Trinajstić information content (AvgIpc) is 2.77. The van der Waals surface area contributed by atoms with Crippen molar-refractivity contribution in [1.29, 1.82) is 0 Å². The zero-order valence-electron chi connectivity index (χ0n) is 12.1. The minimum Gasteiger partial charge on any atom is -0.323 e. The highest BCUT2D eigenvalue weighted by molar-refractivity contribution is 9.10. The molecule has 2 aromatic rings. The Hall–Kier alpha value is -2.07. The highest BCUT2D eigenvalue weighted by Crippen LogP contribution is 2.29. The summed E-state index contributed by atoms with van der Waals surface area (Å²) in [7, 11) is 0. The normalized spacial score (nSPS) is 10.9. The van der Waals surface area contributed by atoms with E-state index in [-0.39, 0.29) is 27.4 Å². The Morgan fingerprint density at radius 3 is 2.75 bits per heavy atom. The predicted molar refractivity (Wildman–Crippen MR) is 86.4 cm³/mol. The van der Waals surface area contributed by atoms with Crippen LogP contribution in [0.25, 0.3) is 0 Å². The first-order valence-corrected chi connectivity index (χ1v) is 7.62. The Balaban J connectivity index is 2.19. The van der Waals surface area contributed by atoms with Gasteiger partial charge in [0.25, 0.3) is 12.1 Å². The molecule has 0 bridgehead atoms. The largest absolute Gasteiger partial charge is 0.323 e. The lowest BCUT2D eigenvalue weighted by molar-refractivity contribution is -0.384. The van der Waals surface area contributed by atoms with Crippen molar-refractivity contribution < 1.29 is 18.5 Å². The van der Waals surface area contributed by atoms with Gasteiger partial charge in [0.05, 0.1) is 25.8 Å². The molecule has 128 valence electrons. The third-order valence-corrected chi connectivity index (χ3v) is 4.40. The van der Waals surface area contributed by atoms with Crippen LogP contribution in [0.4, 0.5) is 20.2 Å². The van der Waals surface area contributed by atoms with Crippen molar-refractivity contribution in [3.05, 3.63) is 49.2 Å². The van der Waals surface area contributed by atoms with Crippen molar-refractivity contribution in [3.63, 3.8) is 0 Å². The quantitative estimate of drug-likeness (QED) is 0.579. The summed E-state index contributed by atoms with van der Waals surface area (Å²) in [6.07, 6.45) is -2.78. The Morgan fingerprint density at radius 1 is 1.54 bits per heavy atom. The molecule has 0 saturated carbocycles. The molecule has 0 aliphatic rings. The molecule has 1 heterocycles. The number of amides is 1. The van der Waals surface area contributed by atoms with Crippen LogP contribution in [-0.4, -0.2) is 20.6 Å². The maximum atomic E-state index is 12.8. The fourth-order valence-corrected chi connectivity index (χ4v) is 2.51. The number of non-ortho nitro benzene ring substituents is 1. The van der Waals surface area contributed by atoms with E-state index < -0.39 is 22.9 Å². The molecular weight excluding hydrogens is 414 g/mol. The van der Waals surface area contributed by atoms with Gasteiger partial charge in [-0.05, 0) is 28.9 Å². The van der Waals surface area contributed by atoms with Gasteiger partial charge in [-0.25, -0.2) is 8.78 Å². The van der Waals surface area contributed by atoms with Gasteiger partial charge in [0.15, 0.2) is 0 Å². The minimum absolute atomic E-state index is 0.0498. The van der Waals surface area contributed by atoms with E-state index in [1.54, 1.807) is 0 Å². The molecule has 0 aliphatic carbocycles. The SMILES string of the molecule is Cc1c(Br)c(C(F)F)nn1CC(=O)Nc1cc([N+](=O)[O-])ccc1Cl. The number of anilines is 1. The van der Waals surface area contributed by atoms with E-state index in [1.807, 2.05) is 0 Å². The molecular formula is C13H10BrClF2N4O3. The number of nitrogens with one attached hydrogen (secondary N) is 1. The van der Waals surface area contributed by atoms with E-state index in [0.717, 1.165) is 10.7 Å². The molecule has 7 nitrogen and oxygen atoms in total. The molecule has 11 heteroatoms. The molecule has 1 amide bonds. The number of nitrogens with zero attached hydrogens (tertiary/aromatic N) is 3. The lowest BCUT2D eigenvalue weighted by Crippen LogP contribution is -2.20. The maximum Gasteiger partial charge on any atom is 0.283 e. The van der Waals surface area contributed by atoms with Crippen LogP contribution >= 0.6 is 27.5 Å². The number of nitro benzene ring substituents is 1. The van der Waals surface area contributed by atoms with E-state index in [2.05, 4.69) is 26.3 Å². The Bertz CT molecular complexity index is 813. The van der Waals surface area contributed by atoms with Crippen molar-refractivity contribution in [2.45, 2.75) is 19.9 Å². The number of nitro groups is 1. The van der Waals surface area contributed by atoms with Crippen LogP contribution in [0.2, 0.25) is 5.02 Å². The molecule has 0 aliphatic heterocycles. The Labute approximate surface area is 147 Å². The number of benzene rings is 1. The number of hydrogen-bond acceptors (Lipinski definition) is 4. The van der Waals surface area contributed by atoms with Crippen LogP contribution in [-0.2, 0) is 11.3 Å². The standard InChI is InChI=1S/C13H10BrClF2N4O3/c1-6-11(14)12(13(16)17)19-20(6)5-10(22)18-9-4-7(21(23)24)2-3-8(9)15/h2-4,13H,5H2,1H3,(H,18,22). The van der Waals surface area contributed by atoms with Crippen LogP contribution in [0.1, 0.15) is 17.8 Å². The molecule has 0 fully saturated rings. The van der Waals surface area contributed by atoms with Crippen LogP contribution in [0, 0.1) is 17.0 Å². The summed E-state index contributed by atoms with van der Waals surface area (Å²) in [6, 6.07) is 3.58. The molecule has 0 spiro atoms. The third kappa shape index (κ3) is 3.88. The zero-order valence-corrected chi connectivity index (χ0v) is 14.4. The molecule has 1 aromatic heterocycles. The smallest absolute Gasteiger partial charge is 0.283 e. The van der Waals surface area contributed by atoms with Gasteiger partial charge in [-0.2, -0.15) is 5.10 Å². The Kier molecular flexibility index (Phi) is 5.50. The van der Waals surface area contributed by atoms with Crippen LogP contribution in [0.5, 0.6) is 0 Å². The summed E-state index contributed by atoms with van der Waals surface area (Å²) in [5.41, 5.74) is -0.305. The van der Waals surface area contributed by atoms with E-state index in [9.17, 15) is 23.7 Å². The summed E-state index contributed by atoms with van der Waals surface area (Å²) < 4.78 is 26.8. The number of alkyl halides is 2. The summed E-state index contributed by atoms with van der Waals surface area (Å²) in [5.74, 6) is -0.615. The van der Waals surface area contributed by atoms with E-state index in [0.29, 0.717) is 5.69 Å². The van der Waals surface area contributed by atoms with Crippen molar-refractivity contribution in [2.24, 2.45) is 0 Å². The molecule has 2 rings (SSSR count). The monoisotopic (exact) mass is 422 g/mol. The van der Waals surface area contributed by atoms with E-state index >= 15 is 0 Å². The summed E-state index contributed by atoms with van der Waals surface area (Å²) in [5, 5.41) is 16.9. The zero-order chi connectivity index (χ0) is 18.0. The van der Waals surface area contributed by atoms with Crippen LogP contribution in [0.15, 0.2) is 22.7 Å². The molecule has 1 aromatic carbocycles. The topological polar surface area (TPSA) is 90.1 Å².